The van der Waals surface area contributed by atoms with Crippen LogP contribution in [0.1, 0.15) is 25.7 Å². The van der Waals surface area contributed by atoms with Gasteiger partial charge in [-0.15, -0.1) is 0 Å². The summed E-state index contributed by atoms with van der Waals surface area (Å²) in [6, 6.07) is 0.146. The van der Waals surface area contributed by atoms with Crippen molar-refractivity contribution in [3.63, 3.8) is 0 Å². The van der Waals surface area contributed by atoms with Crippen LogP contribution in [-0.2, 0) is 10.0 Å². The molecule has 0 aromatic heterocycles. The summed E-state index contributed by atoms with van der Waals surface area (Å²) in [4.78, 5) is 0. The van der Waals surface area contributed by atoms with Crippen LogP contribution in [0.3, 0.4) is 0 Å². The standard InChI is InChI=1S/C10H22N2O2S2/c1-11-6-7-16(13,14)12-9-4-3-5-10(8-9)15-2/h9-12H,3-8H2,1-2H3. The second-order valence-corrected chi connectivity index (χ2v) is 7.27. The zero-order valence-electron chi connectivity index (χ0n) is 10.0. The number of hydrogen-bond acceptors (Lipinski definition) is 4. The average Bonchev–Trinajstić information content (AvgIpc) is 2.26. The van der Waals surface area contributed by atoms with Crippen molar-refractivity contribution < 1.29 is 8.42 Å². The van der Waals surface area contributed by atoms with Gasteiger partial charge >= 0.3 is 0 Å². The third kappa shape index (κ3) is 5.03. The molecule has 0 saturated heterocycles. The number of thioether (sulfide) groups is 1. The van der Waals surface area contributed by atoms with Crippen LogP contribution in [0.25, 0.3) is 0 Å². The minimum Gasteiger partial charge on any atom is -0.319 e. The second kappa shape index (κ2) is 6.83. The molecule has 0 aliphatic heterocycles. The van der Waals surface area contributed by atoms with Gasteiger partial charge in [0.05, 0.1) is 5.75 Å². The average molecular weight is 266 g/mol. The van der Waals surface area contributed by atoms with E-state index >= 15 is 0 Å². The van der Waals surface area contributed by atoms with Crippen LogP contribution in [0.4, 0.5) is 0 Å². The van der Waals surface area contributed by atoms with E-state index in [1.807, 2.05) is 11.8 Å². The lowest BCUT2D eigenvalue weighted by Crippen LogP contribution is -2.41. The molecule has 0 aromatic rings. The Morgan fingerprint density at radius 2 is 2.12 bits per heavy atom. The molecule has 2 atom stereocenters. The van der Waals surface area contributed by atoms with Crippen LogP contribution in [0.5, 0.6) is 0 Å². The quantitative estimate of drug-likeness (QED) is 0.746. The van der Waals surface area contributed by atoms with Crippen LogP contribution in [0.2, 0.25) is 0 Å². The largest absolute Gasteiger partial charge is 0.319 e. The van der Waals surface area contributed by atoms with E-state index in [1.54, 1.807) is 7.05 Å². The molecule has 0 heterocycles. The van der Waals surface area contributed by atoms with Gasteiger partial charge in [-0.2, -0.15) is 11.8 Å². The van der Waals surface area contributed by atoms with Gasteiger partial charge in [-0.1, -0.05) is 6.42 Å². The predicted octanol–water partition coefficient (Wildman–Crippen LogP) is 0.799. The van der Waals surface area contributed by atoms with Crippen molar-refractivity contribution in [2.45, 2.75) is 37.0 Å². The number of sulfonamides is 1. The molecule has 0 amide bonds. The Kier molecular flexibility index (Phi) is 6.10. The first-order valence-electron chi connectivity index (χ1n) is 5.75. The van der Waals surface area contributed by atoms with Crippen LogP contribution in [0.15, 0.2) is 0 Å². The first-order valence-corrected chi connectivity index (χ1v) is 8.69. The van der Waals surface area contributed by atoms with Crippen molar-refractivity contribution in [3.8, 4) is 0 Å². The van der Waals surface area contributed by atoms with Gasteiger partial charge in [0, 0.05) is 17.8 Å². The Morgan fingerprint density at radius 1 is 1.38 bits per heavy atom. The Hall–Kier alpha value is 0.220. The summed E-state index contributed by atoms with van der Waals surface area (Å²) in [6.45, 7) is 0.508. The molecule has 16 heavy (non-hydrogen) atoms. The normalized spacial score (nSPS) is 26.9. The van der Waals surface area contributed by atoms with Gasteiger partial charge in [-0.25, -0.2) is 13.1 Å². The molecule has 1 aliphatic carbocycles. The molecule has 1 rings (SSSR count). The van der Waals surface area contributed by atoms with Crippen LogP contribution in [0, 0.1) is 0 Å². The zero-order chi connectivity index (χ0) is 12.0. The van der Waals surface area contributed by atoms with Gasteiger partial charge in [-0.05, 0) is 32.6 Å². The van der Waals surface area contributed by atoms with Gasteiger partial charge in [0.2, 0.25) is 10.0 Å². The summed E-state index contributed by atoms with van der Waals surface area (Å²) in [5, 5.41) is 3.47. The van der Waals surface area contributed by atoms with Crippen molar-refractivity contribution in [1.82, 2.24) is 10.0 Å². The molecule has 1 aliphatic rings. The third-order valence-corrected chi connectivity index (χ3v) is 5.46. The van der Waals surface area contributed by atoms with Crippen molar-refractivity contribution >= 4 is 21.8 Å². The van der Waals surface area contributed by atoms with Crippen molar-refractivity contribution in [2.24, 2.45) is 0 Å². The molecule has 0 radical (unpaired) electrons. The monoisotopic (exact) mass is 266 g/mol. The van der Waals surface area contributed by atoms with E-state index in [-0.39, 0.29) is 11.8 Å². The highest BCUT2D eigenvalue weighted by atomic mass is 32.2. The lowest BCUT2D eigenvalue weighted by Gasteiger charge is -2.28. The van der Waals surface area contributed by atoms with E-state index in [9.17, 15) is 8.42 Å². The Balaban J connectivity index is 2.40. The molecule has 1 saturated carbocycles. The molecule has 2 unspecified atom stereocenters. The first-order chi connectivity index (χ1) is 7.57. The minimum absolute atomic E-state index is 0.146. The fraction of sp³-hybridized carbons (Fsp3) is 1.00. The summed E-state index contributed by atoms with van der Waals surface area (Å²) >= 11 is 1.85. The van der Waals surface area contributed by atoms with Gasteiger partial charge in [-0.3, -0.25) is 0 Å². The van der Waals surface area contributed by atoms with E-state index in [2.05, 4.69) is 16.3 Å². The number of rotatable bonds is 6. The maximum absolute atomic E-state index is 11.7. The van der Waals surface area contributed by atoms with Crippen molar-refractivity contribution in [2.75, 3.05) is 25.6 Å². The highest BCUT2D eigenvalue weighted by molar-refractivity contribution is 7.99. The molecule has 0 spiro atoms. The highest BCUT2D eigenvalue weighted by Gasteiger charge is 2.24. The second-order valence-electron chi connectivity index (χ2n) is 4.26. The van der Waals surface area contributed by atoms with Crippen LogP contribution < -0.4 is 10.0 Å². The zero-order valence-corrected chi connectivity index (χ0v) is 11.7. The van der Waals surface area contributed by atoms with Crippen LogP contribution >= 0.6 is 11.8 Å². The highest BCUT2D eigenvalue weighted by Crippen LogP contribution is 2.27. The van der Waals surface area contributed by atoms with E-state index in [0.717, 1.165) is 19.3 Å². The van der Waals surface area contributed by atoms with Crippen molar-refractivity contribution in [3.05, 3.63) is 0 Å². The number of hydrogen-bond donors (Lipinski definition) is 2. The lowest BCUT2D eigenvalue weighted by molar-refractivity contribution is 0.420. The summed E-state index contributed by atoms with van der Waals surface area (Å²) < 4.78 is 26.2. The maximum atomic E-state index is 11.7. The maximum Gasteiger partial charge on any atom is 0.213 e. The summed E-state index contributed by atoms with van der Waals surface area (Å²) in [5.41, 5.74) is 0. The Morgan fingerprint density at radius 3 is 2.75 bits per heavy atom. The molecular weight excluding hydrogens is 244 g/mol. The molecule has 96 valence electrons. The molecule has 1 fully saturated rings. The first kappa shape index (κ1) is 14.3. The SMILES string of the molecule is CNCCS(=O)(=O)NC1CCCC(SC)C1. The minimum atomic E-state index is -3.10. The third-order valence-electron chi connectivity index (χ3n) is 2.93. The molecule has 4 nitrogen and oxygen atoms in total. The molecule has 0 bridgehead atoms. The topological polar surface area (TPSA) is 58.2 Å². The summed E-state index contributed by atoms with van der Waals surface area (Å²) in [5.74, 6) is 0.171. The van der Waals surface area contributed by atoms with Gasteiger partial charge in [0.25, 0.3) is 0 Å². The molecular formula is C10H22N2O2S2. The van der Waals surface area contributed by atoms with E-state index in [0.29, 0.717) is 11.8 Å². The van der Waals surface area contributed by atoms with Gasteiger partial charge in [0.15, 0.2) is 0 Å². The van der Waals surface area contributed by atoms with Gasteiger partial charge < -0.3 is 5.32 Å². The molecule has 6 heteroatoms. The smallest absolute Gasteiger partial charge is 0.213 e. The van der Waals surface area contributed by atoms with E-state index < -0.39 is 10.0 Å². The Labute approximate surface area is 103 Å². The summed E-state index contributed by atoms with van der Waals surface area (Å²) in [6.07, 6.45) is 6.40. The predicted molar refractivity (Wildman–Crippen MR) is 70.4 cm³/mol. The fourth-order valence-electron chi connectivity index (χ4n) is 2.02. The van der Waals surface area contributed by atoms with E-state index in [1.165, 1.54) is 6.42 Å². The molecule has 2 N–H and O–H groups in total. The Bertz CT molecular complexity index is 293. The lowest BCUT2D eigenvalue weighted by atomic mass is 9.96. The van der Waals surface area contributed by atoms with Crippen molar-refractivity contribution in [1.29, 1.82) is 0 Å². The summed E-state index contributed by atoms with van der Waals surface area (Å²) in [7, 11) is -1.33. The van der Waals surface area contributed by atoms with E-state index in [4.69, 9.17) is 0 Å². The fourth-order valence-corrected chi connectivity index (χ4v) is 4.16. The number of nitrogens with one attached hydrogen (secondary N) is 2. The molecule has 0 aromatic carbocycles. The van der Waals surface area contributed by atoms with Crippen LogP contribution in [-0.4, -0.2) is 45.3 Å². The van der Waals surface area contributed by atoms with Gasteiger partial charge in [0.1, 0.15) is 0 Å².